The van der Waals surface area contributed by atoms with Gasteiger partial charge in [-0.3, -0.25) is 14.6 Å². The lowest BCUT2D eigenvalue weighted by atomic mass is 9.67. The van der Waals surface area contributed by atoms with E-state index in [1.165, 1.54) is 0 Å². The third-order valence-electron chi connectivity index (χ3n) is 6.88. The molecule has 2 aromatic carbocycles. The molecule has 1 aliphatic heterocycles. The molecule has 0 bridgehead atoms. The van der Waals surface area contributed by atoms with Crippen molar-refractivity contribution >= 4 is 35.1 Å². The summed E-state index contributed by atoms with van der Waals surface area (Å²) in [4.78, 5) is 32.6. The maximum absolute atomic E-state index is 14.2. The Bertz CT molecular complexity index is 1200. The molecule has 2 heterocycles. The summed E-state index contributed by atoms with van der Waals surface area (Å²) in [5.74, 6) is -1.37. The molecular formula is C28H28Cl2N2O3. The van der Waals surface area contributed by atoms with Gasteiger partial charge in [-0.05, 0) is 60.4 Å². The number of amides is 1. The van der Waals surface area contributed by atoms with Crippen LogP contribution in [0.2, 0.25) is 10.0 Å². The first-order valence-electron chi connectivity index (χ1n) is 11.7. The van der Waals surface area contributed by atoms with Gasteiger partial charge in [0, 0.05) is 22.2 Å². The fourth-order valence-corrected chi connectivity index (χ4v) is 5.67. The van der Waals surface area contributed by atoms with Crippen LogP contribution in [0.25, 0.3) is 0 Å². The van der Waals surface area contributed by atoms with Crippen molar-refractivity contribution in [2.45, 2.75) is 51.1 Å². The monoisotopic (exact) mass is 510 g/mol. The zero-order valence-electron chi connectivity index (χ0n) is 19.7. The minimum atomic E-state index is -1.09. The molecule has 4 atom stereocenters. The first kappa shape index (κ1) is 25.2. The Morgan fingerprint density at radius 1 is 1.09 bits per heavy atom. The van der Waals surface area contributed by atoms with E-state index in [1.807, 2.05) is 78.6 Å². The molecule has 1 fully saturated rings. The summed E-state index contributed by atoms with van der Waals surface area (Å²) in [6.45, 7) is 3.78. The summed E-state index contributed by atoms with van der Waals surface area (Å²) in [5.41, 5.74) is 1.57. The first-order valence-corrected chi connectivity index (χ1v) is 12.5. The molecule has 1 N–H and O–H groups in total. The Morgan fingerprint density at radius 3 is 2.43 bits per heavy atom. The number of nitrogens with zero attached hydrogens (tertiary/aromatic N) is 2. The van der Waals surface area contributed by atoms with Gasteiger partial charge in [-0.25, -0.2) is 0 Å². The zero-order chi connectivity index (χ0) is 25.2. The van der Waals surface area contributed by atoms with Crippen LogP contribution in [0.5, 0.6) is 0 Å². The molecule has 4 rings (SSSR count). The van der Waals surface area contributed by atoms with E-state index in [9.17, 15) is 14.7 Å². The van der Waals surface area contributed by atoms with Crippen LogP contribution >= 0.6 is 23.2 Å². The Kier molecular flexibility index (Phi) is 7.48. The van der Waals surface area contributed by atoms with Crippen LogP contribution in [0, 0.1) is 5.41 Å². The van der Waals surface area contributed by atoms with Gasteiger partial charge in [-0.1, -0.05) is 67.4 Å². The number of carbonyl (C=O) groups is 2. The molecule has 0 saturated carbocycles. The molecule has 5 nitrogen and oxygen atoms in total. The maximum Gasteiger partial charge on any atom is 0.304 e. The van der Waals surface area contributed by atoms with E-state index in [-0.39, 0.29) is 30.3 Å². The van der Waals surface area contributed by atoms with Crippen molar-refractivity contribution < 1.29 is 14.7 Å². The molecule has 0 aliphatic carbocycles. The third kappa shape index (κ3) is 5.21. The van der Waals surface area contributed by atoms with Gasteiger partial charge in [0.2, 0.25) is 5.91 Å². The SMILES string of the molecule is CCC(c1ccccn1)N1C(=O)C(C)(CC(=O)O)CC(c2cccc(Cl)c2)C1c1ccc(Cl)cc1. The Hall–Kier alpha value is -2.89. The summed E-state index contributed by atoms with van der Waals surface area (Å²) >= 11 is 12.6. The van der Waals surface area contributed by atoms with Crippen LogP contribution in [0.3, 0.4) is 0 Å². The number of hydrogen-bond donors (Lipinski definition) is 1. The van der Waals surface area contributed by atoms with E-state index in [0.29, 0.717) is 22.9 Å². The van der Waals surface area contributed by atoms with E-state index in [0.717, 1.165) is 16.8 Å². The molecule has 1 saturated heterocycles. The van der Waals surface area contributed by atoms with Gasteiger partial charge < -0.3 is 10.0 Å². The first-order chi connectivity index (χ1) is 16.7. The lowest BCUT2D eigenvalue weighted by Crippen LogP contribution is -2.53. The highest BCUT2D eigenvalue weighted by molar-refractivity contribution is 6.30. The van der Waals surface area contributed by atoms with Crippen LogP contribution in [-0.4, -0.2) is 26.9 Å². The average Bonchev–Trinajstić information content (AvgIpc) is 2.83. The molecule has 1 aliphatic rings. The largest absolute Gasteiger partial charge is 0.481 e. The summed E-state index contributed by atoms with van der Waals surface area (Å²) in [6.07, 6.45) is 2.46. The van der Waals surface area contributed by atoms with Gasteiger partial charge in [0.25, 0.3) is 0 Å². The van der Waals surface area contributed by atoms with Gasteiger partial charge in [0.15, 0.2) is 0 Å². The second kappa shape index (κ2) is 10.4. The second-order valence-electron chi connectivity index (χ2n) is 9.38. The van der Waals surface area contributed by atoms with Crippen molar-refractivity contribution in [3.63, 3.8) is 0 Å². The van der Waals surface area contributed by atoms with Gasteiger partial charge >= 0.3 is 5.97 Å². The molecule has 35 heavy (non-hydrogen) atoms. The molecule has 7 heteroatoms. The van der Waals surface area contributed by atoms with Crippen molar-refractivity contribution in [1.82, 2.24) is 9.88 Å². The number of aliphatic carboxylic acids is 1. The van der Waals surface area contributed by atoms with Crippen LogP contribution in [0.1, 0.15) is 67.9 Å². The van der Waals surface area contributed by atoms with Gasteiger partial charge in [-0.15, -0.1) is 0 Å². The van der Waals surface area contributed by atoms with Crippen LogP contribution in [0.15, 0.2) is 72.9 Å². The number of likely N-dealkylation sites (tertiary alicyclic amines) is 1. The minimum Gasteiger partial charge on any atom is -0.481 e. The predicted octanol–water partition coefficient (Wildman–Crippen LogP) is 7.08. The van der Waals surface area contributed by atoms with Gasteiger partial charge in [0.1, 0.15) is 0 Å². The second-order valence-corrected chi connectivity index (χ2v) is 10.3. The number of carboxylic acids is 1. The smallest absolute Gasteiger partial charge is 0.304 e. The molecular weight excluding hydrogens is 483 g/mol. The fourth-order valence-electron chi connectivity index (χ4n) is 5.34. The van der Waals surface area contributed by atoms with E-state index >= 15 is 0 Å². The van der Waals surface area contributed by atoms with Crippen molar-refractivity contribution in [3.05, 3.63) is 99.8 Å². The molecule has 1 amide bonds. The van der Waals surface area contributed by atoms with E-state index in [4.69, 9.17) is 23.2 Å². The number of carbonyl (C=O) groups excluding carboxylic acids is 1. The highest BCUT2D eigenvalue weighted by atomic mass is 35.5. The molecule has 0 spiro atoms. The Balaban J connectivity index is 1.95. The number of rotatable bonds is 7. The molecule has 182 valence electrons. The molecule has 3 aromatic rings. The zero-order valence-corrected chi connectivity index (χ0v) is 21.2. The normalized spacial score (nSPS) is 23.2. The van der Waals surface area contributed by atoms with Crippen molar-refractivity contribution in [1.29, 1.82) is 0 Å². The third-order valence-corrected chi connectivity index (χ3v) is 7.37. The standard InChI is InChI=1S/C28H28Cl2N2O3/c1-3-24(23-9-4-5-14-31-23)32-26(18-10-12-20(29)13-11-18)22(19-7-6-8-21(30)15-19)16-28(2,27(32)35)17-25(33)34/h4-15,22,24,26H,3,16-17H2,1-2H3,(H,33,34). The van der Waals surface area contributed by atoms with Crippen LogP contribution in [0.4, 0.5) is 0 Å². The number of carboxylic acid groups (broad SMARTS) is 1. The van der Waals surface area contributed by atoms with Crippen LogP contribution in [-0.2, 0) is 9.59 Å². The maximum atomic E-state index is 14.2. The Morgan fingerprint density at radius 2 is 1.83 bits per heavy atom. The summed E-state index contributed by atoms with van der Waals surface area (Å²) in [5, 5.41) is 10.9. The molecule has 4 unspecified atom stereocenters. The summed E-state index contributed by atoms with van der Waals surface area (Å²) in [7, 11) is 0. The van der Waals surface area contributed by atoms with Crippen LogP contribution < -0.4 is 0 Å². The van der Waals surface area contributed by atoms with Crippen molar-refractivity contribution in [2.24, 2.45) is 5.41 Å². The van der Waals surface area contributed by atoms with Crippen molar-refractivity contribution in [3.8, 4) is 0 Å². The van der Waals surface area contributed by atoms with E-state index in [2.05, 4.69) is 4.98 Å². The quantitative estimate of drug-likeness (QED) is 0.368. The van der Waals surface area contributed by atoms with Crippen molar-refractivity contribution in [2.75, 3.05) is 0 Å². The highest BCUT2D eigenvalue weighted by Gasteiger charge is 2.52. The number of piperidine rings is 1. The summed E-state index contributed by atoms with van der Waals surface area (Å²) in [6, 6.07) is 20.1. The highest BCUT2D eigenvalue weighted by Crippen LogP contribution is 2.54. The summed E-state index contributed by atoms with van der Waals surface area (Å²) < 4.78 is 0. The number of benzene rings is 2. The average molecular weight is 511 g/mol. The number of hydrogen-bond acceptors (Lipinski definition) is 3. The van der Waals surface area contributed by atoms with E-state index < -0.39 is 11.4 Å². The lowest BCUT2D eigenvalue weighted by Gasteiger charge is -2.51. The topological polar surface area (TPSA) is 70.5 Å². The lowest BCUT2D eigenvalue weighted by molar-refractivity contribution is -0.161. The number of halogens is 2. The fraction of sp³-hybridized carbons (Fsp3) is 0.321. The molecule has 0 radical (unpaired) electrons. The van der Waals surface area contributed by atoms with Gasteiger partial charge in [-0.2, -0.15) is 0 Å². The minimum absolute atomic E-state index is 0.185. The number of pyridine rings is 1. The number of aromatic nitrogens is 1. The van der Waals surface area contributed by atoms with E-state index in [1.54, 1.807) is 13.1 Å². The predicted molar refractivity (Wildman–Crippen MR) is 137 cm³/mol. The molecule has 1 aromatic heterocycles. The van der Waals surface area contributed by atoms with Gasteiger partial charge in [0.05, 0.1) is 29.6 Å². The Labute approximate surface area is 215 Å².